The van der Waals surface area contributed by atoms with Gasteiger partial charge >= 0.3 is 111 Å². The predicted molar refractivity (Wildman–Crippen MR) is 76.1 cm³/mol. The average molecular weight is 332 g/mol. The molecule has 0 spiro atoms. The molecule has 7 heteroatoms. The fourth-order valence-corrected chi connectivity index (χ4v) is 15.5. The van der Waals surface area contributed by atoms with Crippen molar-refractivity contribution in [1.29, 1.82) is 0 Å². The van der Waals surface area contributed by atoms with Crippen LogP contribution in [-0.4, -0.2) is 41.4 Å². The second-order valence-electron chi connectivity index (χ2n) is 3.38. The molecule has 17 heavy (non-hydrogen) atoms. The quantitative estimate of drug-likeness (QED) is 0.554. The van der Waals surface area contributed by atoms with Crippen molar-refractivity contribution in [3.8, 4) is 5.75 Å². The number of phenols is 1. The summed E-state index contributed by atoms with van der Waals surface area (Å²) in [5.41, 5.74) is 5.71. The van der Waals surface area contributed by atoms with Gasteiger partial charge in [0, 0.05) is 0 Å². The average Bonchev–Trinajstić information content (AvgIpc) is 2.85. The van der Waals surface area contributed by atoms with Gasteiger partial charge < -0.3 is 0 Å². The number of phenolic OH excluding ortho intramolecular Hbond substituents is 1. The monoisotopic (exact) mass is 332 g/mol. The van der Waals surface area contributed by atoms with E-state index >= 15 is 0 Å². The van der Waals surface area contributed by atoms with Gasteiger partial charge in [-0.3, -0.25) is 0 Å². The van der Waals surface area contributed by atoms with Gasteiger partial charge in [0.15, 0.2) is 0 Å². The van der Waals surface area contributed by atoms with Crippen LogP contribution in [0.1, 0.15) is 0 Å². The molecule has 2 rings (SSSR count). The molecule has 0 aromatic heterocycles. The zero-order chi connectivity index (χ0) is 12.3. The SMILES string of the molecule is NCC(=O)Nc1cc([As]2SCCS2)ccc1O. The number of hydrogen-bond acceptors (Lipinski definition) is 5. The number of nitrogens with one attached hydrogen (secondary N) is 1. The van der Waals surface area contributed by atoms with Gasteiger partial charge in [-0.05, 0) is 0 Å². The van der Waals surface area contributed by atoms with E-state index in [1.165, 1.54) is 15.9 Å². The molecule has 1 heterocycles. The zero-order valence-corrected chi connectivity index (χ0v) is 12.6. The van der Waals surface area contributed by atoms with Crippen LogP contribution in [0, 0.1) is 0 Å². The van der Waals surface area contributed by atoms with E-state index in [9.17, 15) is 9.90 Å². The fraction of sp³-hybridized carbons (Fsp3) is 0.300. The number of amides is 1. The second kappa shape index (κ2) is 6.05. The number of carbonyl (C=O) groups is 1. The van der Waals surface area contributed by atoms with Gasteiger partial charge in [0.1, 0.15) is 0 Å². The Kier molecular flexibility index (Phi) is 4.68. The third-order valence-electron chi connectivity index (χ3n) is 2.15. The zero-order valence-electron chi connectivity index (χ0n) is 9.05. The van der Waals surface area contributed by atoms with Gasteiger partial charge in [-0.25, -0.2) is 0 Å². The predicted octanol–water partition coefficient (Wildman–Crippen LogP) is 0.465. The van der Waals surface area contributed by atoms with Crippen molar-refractivity contribution in [2.45, 2.75) is 0 Å². The van der Waals surface area contributed by atoms with Crippen LogP contribution in [0.2, 0.25) is 0 Å². The first-order valence-electron chi connectivity index (χ1n) is 5.09. The van der Waals surface area contributed by atoms with Crippen LogP contribution < -0.4 is 15.4 Å². The van der Waals surface area contributed by atoms with E-state index in [0.717, 1.165) is 0 Å². The number of rotatable bonds is 3. The standard InChI is InChI=1S/C10H13AsN2O2S2/c12-6-10(15)13-8-5-7(1-2-9(8)14)11-16-3-4-17-11/h1-2,5,14H,3-4,6,12H2,(H,13,15). The summed E-state index contributed by atoms with van der Waals surface area (Å²) < 4.78 is 1.26. The molecule has 0 saturated carbocycles. The number of hydrogen-bond donors (Lipinski definition) is 3. The normalized spacial score (nSPS) is 16.1. The summed E-state index contributed by atoms with van der Waals surface area (Å²) in [4.78, 5) is 11.2. The Bertz CT molecular complexity index is 425. The molecule has 0 aliphatic carbocycles. The van der Waals surface area contributed by atoms with Crippen molar-refractivity contribution in [1.82, 2.24) is 0 Å². The van der Waals surface area contributed by atoms with E-state index in [4.69, 9.17) is 5.73 Å². The molecular weight excluding hydrogens is 319 g/mol. The summed E-state index contributed by atoms with van der Waals surface area (Å²) in [6.45, 7) is -0.0748. The summed E-state index contributed by atoms with van der Waals surface area (Å²) >= 11 is -1.07. The number of benzene rings is 1. The molecule has 0 radical (unpaired) electrons. The Morgan fingerprint density at radius 3 is 2.82 bits per heavy atom. The Labute approximate surface area is 111 Å². The third kappa shape index (κ3) is 3.34. The van der Waals surface area contributed by atoms with Crippen molar-refractivity contribution < 1.29 is 9.90 Å². The van der Waals surface area contributed by atoms with Crippen LogP contribution in [0.4, 0.5) is 5.69 Å². The molecular formula is C10H13AsN2O2S2. The summed E-state index contributed by atoms with van der Waals surface area (Å²) in [7, 11) is 4.05. The molecule has 0 atom stereocenters. The number of nitrogens with two attached hydrogens (primary N) is 1. The van der Waals surface area contributed by atoms with E-state index in [1.807, 2.05) is 32.2 Å². The van der Waals surface area contributed by atoms with E-state index in [-0.39, 0.29) is 18.2 Å². The molecule has 0 unspecified atom stereocenters. The van der Waals surface area contributed by atoms with Crippen molar-refractivity contribution in [3.63, 3.8) is 0 Å². The van der Waals surface area contributed by atoms with Crippen LogP contribution in [-0.2, 0) is 4.79 Å². The molecule has 1 aromatic rings. The van der Waals surface area contributed by atoms with E-state index < -0.39 is 12.3 Å². The number of aromatic hydroxyl groups is 1. The molecule has 92 valence electrons. The molecule has 4 N–H and O–H groups in total. The Hall–Kier alpha value is -0.292. The first kappa shape index (κ1) is 13.1. The fourth-order valence-electron chi connectivity index (χ4n) is 1.37. The van der Waals surface area contributed by atoms with E-state index in [1.54, 1.807) is 6.07 Å². The van der Waals surface area contributed by atoms with Crippen molar-refractivity contribution in [3.05, 3.63) is 18.2 Å². The minimum atomic E-state index is -1.07. The Morgan fingerprint density at radius 2 is 2.18 bits per heavy atom. The molecule has 0 bridgehead atoms. The van der Waals surface area contributed by atoms with Gasteiger partial charge in [0.05, 0.1) is 0 Å². The van der Waals surface area contributed by atoms with E-state index in [0.29, 0.717) is 5.69 Å². The first-order chi connectivity index (χ1) is 8.20. The maximum absolute atomic E-state index is 11.2. The third-order valence-corrected chi connectivity index (χ3v) is 15.8. The van der Waals surface area contributed by atoms with Gasteiger partial charge in [0.2, 0.25) is 0 Å². The first-order valence-corrected chi connectivity index (χ1v) is 12.5. The van der Waals surface area contributed by atoms with Gasteiger partial charge in [-0.15, -0.1) is 0 Å². The molecule has 1 saturated heterocycles. The Balaban J connectivity index is 2.19. The van der Waals surface area contributed by atoms with Gasteiger partial charge in [-0.2, -0.15) is 0 Å². The van der Waals surface area contributed by atoms with Crippen LogP contribution in [0.3, 0.4) is 0 Å². The van der Waals surface area contributed by atoms with Crippen LogP contribution in [0.25, 0.3) is 0 Å². The summed E-state index contributed by atoms with van der Waals surface area (Å²) in [5.74, 6) is 2.22. The molecule has 1 aliphatic rings. The topological polar surface area (TPSA) is 75.4 Å². The van der Waals surface area contributed by atoms with Gasteiger partial charge in [0.25, 0.3) is 0 Å². The summed E-state index contributed by atoms with van der Waals surface area (Å²) in [6, 6.07) is 5.49. The maximum atomic E-state index is 11.2. The molecule has 1 aliphatic heterocycles. The summed E-state index contributed by atoms with van der Waals surface area (Å²) in [6.07, 6.45) is 0. The number of anilines is 1. The minimum absolute atomic E-state index is 0.0748. The summed E-state index contributed by atoms with van der Waals surface area (Å²) in [5, 5.41) is 12.3. The van der Waals surface area contributed by atoms with Crippen molar-refractivity contribution in [2.24, 2.45) is 5.73 Å². The number of carbonyl (C=O) groups excluding carboxylic acids is 1. The van der Waals surface area contributed by atoms with Crippen molar-refractivity contribution in [2.75, 3.05) is 23.4 Å². The molecule has 1 amide bonds. The second-order valence-corrected chi connectivity index (χ2v) is 15.1. The van der Waals surface area contributed by atoms with E-state index in [2.05, 4.69) is 5.32 Å². The molecule has 1 aromatic carbocycles. The van der Waals surface area contributed by atoms with Crippen molar-refractivity contribution >= 4 is 48.3 Å². The van der Waals surface area contributed by atoms with Gasteiger partial charge in [-0.1, -0.05) is 0 Å². The molecule has 4 nitrogen and oxygen atoms in total. The van der Waals surface area contributed by atoms with Crippen LogP contribution >= 0.6 is 20.0 Å². The van der Waals surface area contributed by atoms with Crippen LogP contribution in [0.5, 0.6) is 5.75 Å². The molecule has 1 fully saturated rings. The Morgan fingerprint density at radius 1 is 1.47 bits per heavy atom. The van der Waals surface area contributed by atoms with Crippen LogP contribution in [0.15, 0.2) is 18.2 Å².